The van der Waals surface area contributed by atoms with E-state index in [4.69, 9.17) is 19.4 Å². The summed E-state index contributed by atoms with van der Waals surface area (Å²) in [7, 11) is 0. The third-order valence-electron chi connectivity index (χ3n) is 8.51. The highest BCUT2D eigenvalue weighted by atomic mass is 16.3. The van der Waals surface area contributed by atoms with Crippen LogP contribution in [0.5, 0.6) is 0 Å². The summed E-state index contributed by atoms with van der Waals surface area (Å²) in [6.45, 7) is 0. The van der Waals surface area contributed by atoms with Gasteiger partial charge in [-0.3, -0.25) is 0 Å². The third-order valence-corrected chi connectivity index (χ3v) is 8.51. The van der Waals surface area contributed by atoms with Crippen molar-refractivity contribution < 1.29 is 4.42 Å². The number of hydrogen-bond acceptors (Lipinski definition) is 4. The Hall–Kier alpha value is -6.13. The first kappa shape index (κ1) is 25.4. The Kier molecular flexibility index (Phi) is 5.78. The lowest BCUT2D eigenvalue weighted by Crippen LogP contribution is -2.00. The average Bonchev–Trinajstić information content (AvgIpc) is 3.47. The normalized spacial score (nSPS) is 11.6. The molecule has 0 N–H and O–H groups in total. The highest BCUT2D eigenvalue weighted by molar-refractivity contribution is 6.11. The maximum atomic E-state index is 6.28. The number of hydrogen-bond donors (Lipinski definition) is 0. The topological polar surface area (TPSA) is 51.8 Å². The van der Waals surface area contributed by atoms with E-state index in [0.29, 0.717) is 17.5 Å². The van der Waals surface area contributed by atoms with E-state index in [1.165, 1.54) is 16.5 Å². The summed E-state index contributed by atoms with van der Waals surface area (Å²) in [5, 5.41) is 6.70. The second-order valence-electron chi connectivity index (χ2n) is 11.3. The molecule has 0 aliphatic rings. The summed E-state index contributed by atoms with van der Waals surface area (Å²) in [5.41, 5.74) is 6.87. The van der Waals surface area contributed by atoms with Crippen molar-refractivity contribution in [2.24, 2.45) is 0 Å². The van der Waals surface area contributed by atoms with Crippen LogP contribution in [0.15, 0.2) is 156 Å². The molecule has 0 fully saturated rings. The first-order chi connectivity index (χ1) is 22.3. The molecule has 0 aliphatic carbocycles. The Bertz CT molecular complexity index is 2540. The van der Waals surface area contributed by atoms with Gasteiger partial charge in [0.25, 0.3) is 0 Å². The third kappa shape index (κ3) is 4.35. The van der Waals surface area contributed by atoms with Crippen LogP contribution in [0.25, 0.3) is 88.8 Å². The minimum atomic E-state index is 0.618. The molecule has 9 aromatic rings. The molecule has 9 rings (SSSR count). The van der Waals surface area contributed by atoms with Gasteiger partial charge >= 0.3 is 0 Å². The van der Waals surface area contributed by atoms with E-state index >= 15 is 0 Å². The number of fused-ring (bicyclic) bond motifs is 5. The second kappa shape index (κ2) is 10.2. The van der Waals surface area contributed by atoms with Crippen LogP contribution < -0.4 is 0 Å². The molecule has 4 heteroatoms. The van der Waals surface area contributed by atoms with E-state index < -0.39 is 0 Å². The molecular formula is C41H25N3O. The maximum Gasteiger partial charge on any atom is 0.164 e. The molecule has 0 unspecified atom stereocenters. The molecule has 4 nitrogen and oxygen atoms in total. The van der Waals surface area contributed by atoms with Crippen molar-refractivity contribution in [3.63, 3.8) is 0 Å². The Morgan fingerprint density at radius 2 is 0.889 bits per heavy atom. The first-order valence-corrected chi connectivity index (χ1v) is 15.0. The molecule has 210 valence electrons. The van der Waals surface area contributed by atoms with Crippen LogP contribution in [0.2, 0.25) is 0 Å². The van der Waals surface area contributed by atoms with Gasteiger partial charge in [0.2, 0.25) is 0 Å². The van der Waals surface area contributed by atoms with Gasteiger partial charge in [-0.05, 0) is 69.1 Å². The van der Waals surface area contributed by atoms with Gasteiger partial charge in [-0.25, -0.2) is 15.0 Å². The van der Waals surface area contributed by atoms with Crippen molar-refractivity contribution >= 4 is 43.5 Å². The largest absolute Gasteiger partial charge is 0.456 e. The molecule has 45 heavy (non-hydrogen) atoms. The number of rotatable bonds is 4. The predicted molar refractivity (Wildman–Crippen MR) is 184 cm³/mol. The van der Waals surface area contributed by atoms with E-state index in [1.807, 2.05) is 48.5 Å². The zero-order valence-corrected chi connectivity index (χ0v) is 24.2. The van der Waals surface area contributed by atoms with Gasteiger partial charge in [-0.2, -0.15) is 0 Å². The Morgan fingerprint density at radius 1 is 0.333 bits per heavy atom. The van der Waals surface area contributed by atoms with E-state index in [9.17, 15) is 0 Å². The van der Waals surface area contributed by atoms with Crippen LogP contribution >= 0.6 is 0 Å². The lowest BCUT2D eigenvalue weighted by atomic mass is 9.94. The van der Waals surface area contributed by atoms with Crippen molar-refractivity contribution in [2.75, 3.05) is 0 Å². The van der Waals surface area contributed by atoms with E-state index in [-0.39, 0.29) is 0 Å². The highest BCUT2D eigenvalue weighted by Gasteiger charge is 2.17. The van der Waals surface area contributed by atoms with Gasteiger partial charge in [0.1, 0.15) is 11.2 Å². The molecule has 0 spiro atoms. The summed E-state index contributed by atoms with van der Waals surface area (Å²) in [5.74, 6) is 1.89. The number of benzene rings is 7. The van der Waals surface area contributed by atoms with Gasteiger partial charge in [0.15, 0.2) is 17.5 Å². The molecule has 0 bridgehead atoms. The molecule has 2 heterocycles. The van der Waals surface area contributed by atoms with Crippen molar-refractivity contribution in [3.8, 4) is 45.3 Å². The van der Waals surface area contributed by atoms with Crippen molar-refractivity contribution in [2.45, 2.75) is 0 Å². The SMILES string of the molecule is c1ccc(-c2nc(-c3ccc4oc5cc6ccccc6cc5c4c3)nc(-c3ccc(-c4ccccc4)c4ccccc34)n2)cc1. The average molecular weight is 576 g/mol. The summed E-state index contributed by atoms with van der Waals surface area (Å²) in [6.07, 6.45) is 0. The maximum absolute atomic E-state index is 6.28. The molecular weight excluding hydrogens is 550 g/mol. The van der Waals surface area contributed by atoms with Gasteiger partial charge in [0.05, 0.1) is 0 Å². The van der Waals surface area contributed by atoms with E-state index in [2.05, 4.69) is 103 Å². The summed E-state index contributed by atoms with van der Waals surface area (Å²) in [6, 6.07) is 52.2. The zero-order chi connectivity index (χ0) is 29.7. The van der Waals surface area contributed by atoms with Crippen molar-refractivity contribution in [1.82, 2.24) is 15.0 Å². The van der Waals surface area contributed by atoms with Crippen molar-refractivity contribution in [3.05, 3.63) is 152 Å². The zero-order valence-electron chi connectivity index (χ0n) is 24.2. The lowest BCUT2D eigenvalue weighted by Gasteiger charge is -2.13. The Balaban J connectivity index is 1.26. The summed E-state index contributed by atoms with van der Waals surface area (Å²) >= 11 is 0. The van der Waals surface area contributed by atoms with E-state index in [0.717, 1.165) is 54.8 Å². The Morgan fingerprint density at radius 3 is 1.64 bits per heavy atom. The molecule has 0 atom stereocenters. The molecule has 7 aromatic carbocycles. The van der Waals surface area contributed by atoms with Crippen molar-refractivity contribution in [1.29, 1.82) is 0 Å². The molecule has 2 aromatic heterocycles. The molecule has 0 saturated carbocycles. The standard InChI is InChI=1S/C41H25N3O/c1-3-11-26(12-4-1)31-20-21-34(33-18-10-9-17-32(31)33)41-43-39(27-13-5-2-6-14-27)42-40(44-41)30-19-22-37-35(24-30)36-23-28-15-7-8-16-29(28)25-38(36)45-37/h1-25H. The minimum absolute atomic E-state index is 0.618. The van der Waals surface area contributed by atoms with Crippen LogP contribution in [-0.2, 0) is 0 Å². The Labute approximate surface area is 259 Å². The van der Waals surface area contributed by atoms with Crippen LogP contribution in [0.1, 0.15) is 0 Å². The summed E-state index contributed by atoms with van der Waals surface area (Å²) in [4.78, 5) is 15.2. The summed E-state index contributed by atoms with van der Waals surface area (Å²) < 4.78 is 6.28. The van der Waals surface area contributed by atoms with Gasteiger partial charge in [-0.1, -0.05) is 115 Å². The lowest BCUT2D eigenvalue weighted by molar-refractivity contribution is 0.669. The van der Waals surface area contributed by atoms with Crippen LogP contribution in [0, 0.1) is 0 Å². The molecule has 0 amide bonds. The monoisotopic (exact) mass is 575 g/mol. The molecule has 0 saturated heterocycles. The number of aromatic nitrogens is 3. The first-order valence-electron chi connectivity index (χ1n) is 15.0. The molecule has 0 aliphatic heterocycles. The number of furan rings is 1. The van der Waals surface area contributed by atoms with Crippen LogP contribution in [0.4, 0.5) is 0 Å². The fourth-order valence-electron chi connectivity index (χ4n) is 6.31. The second-order valence-corrected chi connectivity index (χ2v) is 11.3. The minimum Gasteiger partial charge on any atom is -0.456 e. The van der Waals surface area contributed by atoms with Crippen LogP contribution in [0.3, 0.4) is 0 Å². The van der Waals surface area contributed by atoms with Gasteiger partial charge < -0.3 is 4.42 Å². The fourth-order valence-corrected chi connectivity index (χ4v) is 6.31. The van der Waals surface area contributed by atoms with E-state index in [1.54, 1.807) is 0 Å². The van der Waals surface area contributed by atoms with Gasteiger partial charge in [-0.15, -0.1) is 0 Å². The highest BCUT2D eigenvalue weighted by Crippen LogP contribution is 2.37. The quantitative estimate of drug-likeness (QED) is 0.209. The fraction of sp³-hybridized carbons (Fsp3) is 0. The number of nitrogens with zero attached hydrogens (tertiary/aromatic N) is 3. The van der Waals surface area contributed by atoms with Gasteiger partial charge in [0, 0.05) is 27.5 Å². The van der Waals surface area contributed by atoms with Crippen LogP contribution in [-0.4, -0.2) is 15.0 Å². The molecule has 0 radical (unpaired) electrons. The smallest absolute Gasteiger partial charge is 0.164 e. The predicted octanol–water partition coefficient (Wildman–Crippen LogP) is 10.7.